The molecule has 0 atom stereocenters. The molecule has 1 aliphatic heterocycles. The molecule has 1 aliphatic rings. The van der Waals surface area contributed by atoms with Crippen LogP contribution in [0.1, 0.15) is 45.2 Å². The van der Waals surface area contributed by atoms with Crippen molar-refractivity contribution in [3.63, 3.8) is 0 Å². The Morgan fingerprint density at radius 3 is 2.76 bits per heavy atom. The van der Waals surface area contributed by atoms with Crippen LogP contribution in [0.25, 0.3) is 5.57 Å². The zero-order valence-electron chi connectivity index (χ0n) is 11.5. The summed E-state index contributed by atoms with van der Waals surface area (Å²) >= 11 is 0. The molecule has 17 heavy (non-hydrogen) atoms. The van der Waals surface area contributed by atoms with E-state index in [2.05, 4.69) is 56.9 Å². The Kier molecular flexibility index (Phi) is 3.56. The molecule has 0 unspecified atom stereocenters. The maximum atomic E-state index is 2.52. The predicted octanol–water partition coefficient (Wildman–Crippen LogP) is 4.27. The van der Waals surface area contributed by atoms with E-state index in [0.29, 0.717) is 6.04 Å². The Balaban J connectivity index is 2.40. The molecule has 0 bridgehead atoms. The highest BCUT2D eigenvalue weighted by molar-refractivity contribution is 5.68. The van der Waals surface area contributed by atoms with Gasteiger partial charge in [0.2, 0.25) is 0 Å². The van der Waals surface area contributed by atoms with Gasteiger partial charge in [-0.05, 0) is 69.4 Å². The minimum absolute atomic E-state index is 0.600. The van der Waals surface area contributed by atoms with E-state index in [1.165, 1.54) is 41.8 Å². The predicted molar refractivity (Wildman–Crippen MR) is 76.6 cm³/mol. The quantitative estimate of drug-likeness (QED) is 0.732. The number of hydrogen-bond donors (Lipinski definition) is 0. The first kappa shape index (κ1) is 12.2. The Morgan fingerprint density at radius 2 is 2.12 bits per heavy atom. The first-order valence-corrected chi connectivity index (χ1v) is 6.66. The second kappa shape index (κ2) is 4.95. The summed E-state index contributed by atoms with van der Waals surface area (Å²) < 4.78 is 0. The van der Waals surface area contributed by atoms with Crippen LogP contribution in [-0.2, 0) is 6.42 Å². The molecular formula is C16H23N. The van der Waals surface area contributed by atoms with Gasteiger partial charge in [0.15, 0.2) is 0 Å². The summed E-state index contributed by atoms with van der Waals surface area (Å²) in [6, 6.07) is 7.54. The van der Waals surface area contributed by atoms with Crippen molar-refractivity contribution in [3.05, 3.63) is 35.4 Å². The molecule has 0 amide bonds. The number of nitrogens with zero attached hydrogens (tertiary/aromatic N) is 1. The molecule has 0 aliphatic carbocycles. The number of benzene rings is 1. The molecular weight excluding hydrogens is 206 g/mol. The van der Waals surface area contributed by atoms with E-state index in [0.717, 1.165) is 0 Å². The van der Waals surface area contributed by atoms with Crippen LogP contribution in [0.2, 0.25) is 0 Å². The van der Waals surface area contributed by atoms with Crippen molar-refractivity contribution in [1.29, 1.82) is 0 Å². The molecule has 92 valence electrons. The zero-order valence-corrected chi connectivity index (χ0v) is 11.5. The minimum atomic E-state index is 0.600. The van der Waals surface area contributed by atoms with Crippen LogP contribution in [0.5, 0.6) is 0 Å². The highest BCUT2D eigenvalue weighted by Gasteiger charge is 2.19. The van der Waals surface area contributed by atoms with E-state index in [-0.39, 0.29) is 0 Å². The molecule has 2 rings (SSSR count). The molecule has 1 nitrogen and oxygen atoms in total. The van der Waals surface area contributed by atoms with E-state index in [4.69, 9.17) is 0 Å². The second-order valence-electron chi connectivity index (χ2n) is 5.21. The SMILES string of the molecule is C/C=C(\C)c1ccc2c(c1)CCCN2C(C)C. The molecule has 0 saturated heterocycles. The molecule has 0 spiro atoms. The largest absolute Gasteiger partial charge is 0.369 e. The van der Waals surface area contributed by atoms with Crippen molar-refractivity contribution in [3.8, 4) is 0 Å². The van der Waals surface area contributed by atoms with Gasteiger partial charge in [0.25, 0.3) is 0 Å². The zero-order chi connectivity index (χ0) is 12.4. The molecule has 0 N–H and O–H groups in total. The van der Waals surface area contributed by atoms with Crippen molar-refractivity contribution >= 4 is 11.3 Å². The molecule has 0 aromatic heterocycles. The van der Waals surface area contributed by atoms with E-state index in [1.54, 1.807) is 0 Å². The van der Waals surface area contributed by atoms with Crippen molar-refractivity contribution in [2.24, 2.45) is 0 Å². The van der Waals surface area contributed by atoms with Crippen LogP contribution >= 0.6 is 0 Å². The lowest BCUT2D eigenvalue weighted by Gasteiger charge is -2.35. The fourth-order valence-corrected chi connectivity index (χ4v) is 2.57. The smallest absolute Gasteiger partial charge is 0.0401 e. The Bertz CT molecular complexity index is 429. The van der Waals surface area contributed by atoms with E-state index in [1.807, 2.05) is 0 Å². The van der Waals surface area contributed by atoms with Gasteiger partial charge in [-0.25, -0.2) is 0 Å². The van der Waals surface area contributed by atoms with Gasteiger partial charge in [-0.1, -0.05) is 12.1 Å². The Labute approximate surface area is 105 Å². The summed E-state index contributed by atoms with van der Waals surface area (Å²) in [6.07, 6.45) is 4.69. The van der Waals surface area contributed by atoms with Gasteiger partial charge < -0.3 is 4.90 Å². The van der Waals surface area contributed by atoms with E-state index in [9.17, 15) is 0 Å². The molecule has 1 aromatic carbocycles. The molecule has 1 heterocycles. The maximum absolute atomic E-state index is 2.52. The fraction of sp³-hybridized carbons (Fsp3) is 0.500. The topological polar surface area (TPSA) is 3.24 Å². The molecule has 1 aromatic rings. The molecule has 1 heteroatoms. The average molecular weight is 229 g/mol. The van der Waals surface area contributed by atoms with Gasteiger partial charge in [0, 0.05) is 18.3 Å². The van der Waals surface area contributed by atoms with Crippen LogP contribution in [-0.4, -0.2) is 12.6 Å². The van der Waals surface area contributed by atoms with Crippen molar-refractivity contribution in [2.45, 2.75) is 46.6 Å². The second-order valence-corrected chi connectivity index (χ2v) is 5.21. The van der Waals surface area contributed by atoms with Crippen LogP contribution in [0.15, 0.2) is 24.3 Å². The standard InChI is InChI=1S/C16H23N/c1-5-13(4)14-8-9-16-15(11-14)7-6-10-17(16)12(2)3/h5,8-9,11-12H,6-7,10H2,1-4H3/b13-5+. The number of anilines is 1. The highest BCUT2D eigenvalue weighted by Crippen LogP contribution is 2.31. The van der Waals surface area contributed by atoms with Crippen LogP contribution in [0.4, 0.5) is 5.69 Å². The summed E-state index contributed by atoms with van der Waals surface area (Å²) in [4.78, 5) is 2.52. The van der Waals surface area contributed by atoms with Crippen molar-refractivity contribution in [1.82, 2.24) is 0 Å². The Morgan fingerprint density at radius 1 is 1.35 bits per heavy atom. The minimum Gasteiger partial charge on any atom is -0.369 e. The summed E-state index contributed by atoms with van der Waals surface area (Å²) in [5.74, 6) is 0. The first-order chi connectivity index (χ1) is 8.13. The Hall–Kier alpha value is -1.24. The monoisotopic (exact) mass is 229 g/mol. The van der Waals surface area contributed by atoms with Crippen molar-refractivity contribution in [2.75, 3.05) is 11.4 Å². The molecule has 0 radical (unpaired) electrons. The lowest BCUT2D eigenvalue weighted by Crippen LogP contribution is -2.35. The lowest BCUT2D eigenvalue weighted by atomic mass is 9.96. The normalized spacial score (nSPS) is 16.3. The van der Waals surface area contributed by atoms with E-state index < -0.39 is 0 Å². The van der Waals surface area contributed by atoms with Gasteiger partial charge in [-0.3, -0.25) is 0 Å². The number of allylic oxidation sites excluding steroid dienone is 2. The number of rotatable bonds is 2. The number of hydrogen-bond acceptors (Lipinski definition) is 1. The molecule has 0 fully saturated rings. The third-order valence-corrected chi connectivity index (χ3v) is 3.75. The van der Waals surface area contributed by atoms with Gasteiger partial charge in [-0.15, -0.1) is 0 Å². The number of aryl methyl sites for hydroxylation is 1. The third-order valence-electron chi connectivity index (χ3n) is 3.75. The third kappa shape index (κ3) is 2.38. The summed E-state index contributed by atoms with van der Waals surface area (Å²) in [7, 11) is 0. The fourth-order valence-electron chi connectivity index (χ4n) is 2.57. The van der Waals surface area contributed by atoms with Crippen molar-refractivity contribution < 1.29 is 0 Å². The first-order valence-electron chi connectivity index (χ1n) is 6.66. The summed E-state index contributed by atoms with van der Waals surface area (Å²) in [5.41, 5.74) is 5.70. The van der Waals surface area contributed by atoms with Crippen LogP contribution in [0, 0.1) is 0 Å². The van der Waals surface area contributed by atoms with Crippen LogP contribution < -0.4 is 4.90 Å². The van der Waals surface area contributed by atoms with Gasteiger partial charge in [0.1, 0.15) is 0 Å². The van der Waals surface area contributed by atoms with Gasteiger partial charge in [0.05, 0.1) is 0 Å². The summed E-state index contributed by atoms with van der Waals surface area (Å²) in [6.45, 7) is 10.0. The van der Waals surface area contributed by atoms with E-state index >= 15 is 0 Å². The van der Waals surface area contributed by atoms with Gasteiger partial charge in [-0.2, -0.15) is 0 Å². The van der Waals surface area contributed by atoms with Gasteiger partial charge >= 0.3 is 0 Å². The number of fused-ring (bicyclic) bond motifs is 1. The molecule has 0 saturated carbocycles. The van der Waals surface area contributed by atoms with Crippen LogP contribution in [0.3, 0.4) is 0 Å². The average Bonchev–Trinajstić information content (AvgIpc) is 2.36. The maximum Gasteiger partial charge on any atom is 0.0401 e. The summed E-state index contributed by atoms with van der Waals surface area (Å²) in [5, 5.41) is 0. The highest BCUT2D eigenvalue weighted by atomic mass is 15.2. The lowest BCUT2D eigenvalue weighted by molar-refractivity contribution is 0.625.